The number of hydrogen-bond donors (Lipinski definition) is 2. The van der Waals surface area contributed by atoms with E-state index in [1.54, 1.807) is 12.1 Å². The fourth-order valence-electron chi connectivity index (χ4n) is 2.13. The third-order valence-electron chi connectivity index (χ3n) is 3.43. The quantitative estimate of drug-likeness (QED) is 0.800. The standard InChI is InChI=1S/C17H16F3NO2S/c1-24-15-5-3-2-4-13(15)16(23)21-10-14(22)11-6-8-12(9-7-11)17(18,19)20/h2-9,14,22H,10H2,1H3,(H,21,23). The SMILES string of the molecule is CSc1ccccc1C(=O)NCC(O)c1ccc(C(F)(F)F)cc1. The van der Waals surface area contributed by atoms with Crippen molar-refractivity contribution in [3.63, 3.8) is 0 Å². The van der Waals surface area contributed by atoms with Crippen molar-refractivity contribution < 1.29 is 23.1 Å². The van der Waals surface area contributed by atoms with E-state index in [0.29, 0.717) is 11.1 Å². The summed E-state index contributed by atoms with van der Waals surface area (Å²) >= 11 is 1.43. The van der Waals surface area contributed by atoms with E-state index in [4.69, 9.17) is 0 Å². The molecule has 2 aromatic rings. The van der Waals surface area contributed by atoms with Crippen LogP contribution in [0.3, 0.4) is 0 Å². The van der Waals surface area contributed by atoms with E-state index in [0.717, 1.165) is 17.0 Å². The topological polar surface area (TPSA) is 49.3 Å². The lowest BCUT2D eigenvalue weighted by atomic mass is 10.1. The Hall–Kier alpha value is -1.99. The summed E-state index contributed by atoms with van der Waals surface area (Å²) in [6, 6.07) is 11.3. The highest BCUT2D eigenvalue weighted by Crippen LogP contribution is 2.29. The second-order valence-electron chi connectivity index (χ2n) is 5.05. The van der Waals surface area contributed by atoms with Gasteiger partial charge in [-0.2, -0.15) is 13.2 Å². The maximum absolute atomic E-state index is 12.5. The van der Waals surface area contributed by atoms with Crippen LogP contribution in [0.4, 0.5) is 13.2 Å². The average Bonchev–Trinajstić information content (AvgIpc) is 2.58. The molecular weight excluding hydrogens is 339 g/mol. The molecule has 0 aromatic heterocycles. The predicted octanol–water partition coefficient (Wildman–Crippen LogP) is 3.89. The van der Waals surface area contributed by atoms with Crippen LogP contribution in [-0.2, 0) is 6.18 Å². The van der Waals surface area contributed by atoms with Crippen molar-refractivity contribution in [3.8, 4) is 0 Å². The van der Waals surface area contributed by atoms with Crippen molar-refractivity contribution in [1.82, 2.24) is 5.32 Å². The van der Waals surface area contributed by atoms with Crippen molar-refractivity contribution >= 4 is 17.7 Å². The molecule has 3 nitrogen and oxygen atoms in total. The molecule has 0 heterocycles. The Morgan fingerprint density at radius 3 is 2.38 bits per heavy atom. The molecule has 0 bridgehead atoms. The number of aliphatic hydroxyl groups is 1. The molecule has 0 radical (unpaired) electrons. The normalized spacial score (nSPS) is 12.7. The van der Waals surface area contributed by atoms with Gasteiger partial charge < -0.3 is 10.4 Å². The smallest absolute Gasteiger partial charge is 0.387 e. The molecule has 0 saturated carbocycles. The molecule has 24 heavy (non-hydrogen) atoms. The van der Waals surface area contributed by atoms with E-state index in [1.165, 1.54) is 23.9 Å². The number of hydrogen-bond acceptors (Lipinski definition) is 3. The summed E-state index contributed by atoms with van der Waals surface area (Å²) in [5.74, 6) is -0.342. The largest absolute Gasteiger partial charge is 0.416 e. The van der Waals surface area contributed by atoms with Crippen LogP contribution in [0.5, 0.6) is 0 Å². The number of carbonyl (C=O) groups excluding carboxylic acids is 1. The first-order chi connectivity index (χ1) is 11.3. The molecule has 0 aliphatic heterocycles. The van der Waals surface area contributed by atoms with Gasteiger partial charge in [-0.1, -0.05) is 24.3 Å². The molecule has 1 atom stereocenters. The lowest BCUT2D eigenvalue weighted by molar-refractivity contribution is -0.137. The Morgan fingerprint density at radius 1 is 1.17 bits per heavy atom. The van der Waals surface area contributed by atoms with Gasteiger partial charge in [-0.05, 0) is 36.1 Å². The lowest BCUT2D eigenvalue weighted by Crippen LogP contribution is -2.28. The van der Waals surface area contributed by atoms with Crippen LogP contribution in [0.2, 0.25) is 0 Å². The molecule has 128 valence electrons. The van der Waals surface area contributed by atoms with Crippen LogP contribution in [-0.4, -0.2) is 23.8 Å². The zero-order valence-electron chi connectivity index (χ0n) is 12.8. The summed E-state index contributed by atoms with van der Waals surface area (Å²) in [7, 11) is 0. The first-order valence-corrected chi connectivity index (χ1v) is 8.32. The number of rotatable bonds is 5. The highest BCUT2D eigenvalue weighted by molar-refractivity contribution is 7.98. The number of alkyl halides is 3. The first kappa shape index (κ1) is 18.4. The molecule has 0 spiro atoms. The number of aliphatic hydroxyl groups excluding tert-OH is 1. The van der Waals surface area contributed by atoms with Gasteiger partial charge in [0.15, 0.2) is 0 Å². The zero-order valence-corrected chi connectivity index (χ0v) is 13.6. The molecule has 2 rings (SSSR count). The molecular formula is C17H16F3NO2S. The number of nitrogens with one attached hydrogen (secondary N) is 1. The van der Waals surface area contributed by atoms with Crippen LogP contribution in [0, 0.1) is 0 Å². The van der Waals surface area contributed by atoms with Crippen molar-refractivity contribution in [2.75, 3.05) is 12.8 Å². The summed E-state index contributed by atoms with van der Waals surface area (Å²) in [5.41, 5.74) is 0.0162. The van der Waals surface area contributed by atoms with E-state index in [-0.39, 0.29) is 12.5 Å². The molecule has 0 aliphatic carbocycles. The maximum atomic E-state index is 12.5. The fraction of sp³-hybridized carbons (Fsp3) is 0.235. The minimum Gasteiger partial charge on any atom is -0.387 e. The van der Waals surface area contributed by atoms with Crippen molar-refractivity contribution in [1.29, 1.82) is 0 Å². The Balaban J connectivity index is 2.00. The van der Waals surface area contributed by atoms with E-state index in [2.05, 4.69) is 5.32 Å². The van der Waals surface area contributed by atoms with Crippen molar-refractivity contribution in [2.45, 2.75) is 17.2 Å². The van der Waals surface area contributed by atoms with E-state index in [9.17, 15) is 23.1 Å². The van der Waals surface area contributed by atoms with E-state index >= 15 is 0 Å². The van der Waals surface area contributed by atoms with Crippen molar-refractivity contribution in [3.05, 3.63) is 65.2 Å². The second-order valence-corrected chi connectivity index (χ2v) is 5.89. The molecule has 0 saturated heterocycles. The van der Waals surface area contributed by atoms with Crippen molar-refractivity contribution in [2.24, 2.45) is 0 Å². The zero-order chi connectivity index (χ0) is 17.7. The summed E-state index contributed by atoms with van der Waals surface area (Å²) in [4.78, 5) is 13.0. The van der Waals surface area contributed by atoms with E-state index in [1.807, 2.05) is 18.4 Å². The number of benzene rings is 2. The molecule has 7 heteroatoms. The first-order valence-electron chi connectivity index (χ1n) is 7.09. The Labute approximate surface area is 141 Å². The summed E-state index contributed by atoms with van der Waals surface area (Å²) in [5, 5.41) is 12.6. The molecule has 0 aliphatic rings. The lowest BCUT2D eigenvalue weighted by Gasteiger charge is -2.14. The Kier molecular flexibility index (Phi) is 5.90. The molecule has 1 unspecified atom stereocenters. The van der Waals surface area contributed by atoms with Crippen LogP contribution >= 0.6 is 11.8 Å². The van der Waals surface area contributed by atoms with E-state index < -0.39 is 17.8 Å². The summed E-state index contributed by atoms with van der Waals surface area (Å²) < 4.78 is 37.5. The number of amides is 1. The molecule has 2 aromatic carbocycles. The minimum atomic E-state index is -4.42. The monoisotopic (exact) mass is 355 g/mol. The molecule has 2 N–H and O–H groups in total. The predicted molar refractivity (Wildman–Crippen MR) is 87.0 cm³/mol. The van der Waals surface area contributed by atoms with Crippen LogP contribution in [0.1, 0.15) is 27.6 Å². The second kappa shape index (κ2) is 7.72. The maximum Gasteiger partial charge on any atom is 0.416 e. The van der Waals surface area contributed by atoms with Gasteiger partial charge in [-0.25, -0.2) is 0 Å². The number of carbonyl (C=O) groups is 1. The van der Waals surface area contributed by atoms with Gasteiger partial charge in [0.05, 0.1) is 17.2 Å². The van der Waals surface area contributed by atoms with Crippen LogP contribution in [0.15, 0.2) is 53.4 Å². The van der Waals surface area contributed by atoms with Gasteiger partial charge in [0.25, 0.3) is 5.91 Å². The van der Waals surface area contributed by atoms with Gasteiger partial charge in [0.1, 0.15) is 0 Å². The van der Waals surface area contributed by atoms with Gasteiger partial charge >= 0.3 is 6.18 Å². The highest BCUT2D eigenvalue weighted by atomic mass is 32.2. The van der Waals surface area contributed by atoms with Gasteiger partial charge in [0.2, 0.25) is 0 Å². The molecule has 0 fully saturated rings. The number of thioether (sulfide) groups is 1. The average molecular weight is 355 g/mol. The van der Waals surface area contributed by atoms with Gasteiger partial charge in [-0.3, -0.25) is 4.79 Å². The highest BCUT2D eigenvalue weighted by Gasteiger charge is 2.30. The van der Waals surface area contributed by atoms with Crippen LogP contribution < -0.4 is 5.32 Å². The third-order valence-corrected chi connectivity index (χ3v) is 4.23. The minimum absolute atomic E-state index is 0.0904. The fourth-order valence-corrected chi connectivity index (χ4v) is 2.72. The third kappa shape index (κ3) is 4.52. The van der Waals surface area contributed by atoms with Gasteiger partial charge in [0, 0.05) is 11.4 Å². The molecule has 1 amide bonds. The Bertz CT molecular complexity index is 702. The number of halogens is 3. The Morgan fingerprint density at radius 2 is 1.79 bits per heavy atom. The van der Waals surface area contributed by atoms with Crippen LogP contribution in [0.25, 0.3) is 0 Å². The summed E-state index contributed by atoms with van der Waals surface area (Å²) in [6.07, 6.45) is -3.65. The van der Waals surface area contributed by atoms with Gasteiger partial charge in [-0.15, -0.1) is 11.8 Å². The summed E-state index contributed by atoms with van der Waals surface area (Å²) in [6.45, 7) is -0.0904.